The first kappa shape index (κ1) is 18.9. The first-order valence-electron chi connectivity index (χ1n) is 9.02. The molecule has 1 atom stereocenters. The number of anilines is 1. The van der Waals surface area contributed by atoms with Gasteiger partial charge in [-0.15, -0.1) is 11.3 Å². The number of benzene rings is 1. The molecule has 1 unspecified atom stereocenters. The van der Waals surface area contributed by atoms with Crippen LogP contribution in [-0.2, 0) is 0 Å². The number of carboxylic acid groups (broad SMARTS) is 1. The predicted octanol–water partition coefficient (Wildman–Crippen LogP) is 2.97. The lowest BCUT2D eigenvalue weighted by Gasteiger charge is -2.39. The van der Waals surface area contributed by atoms with Crippen molar-refractivity contribution in [2.24, 2.45) is 0 Å². The van der Waals surface area contributed by atoms with Crippen LogP contribution in [0.5, 0.6) is 5.75 Å². The summed E-state index contributed by atoms with van der Waals surface area (Å²) in [5.74, 6) is 0.566. The van der Waals surface area contributed by atoms with Crippen molar-refractivity contribution in [2.45, 2.75) is 6.04 Å². The third-order valence-corrected chi connectivity index (χ3v) is 5.47. The normalized spacial score (nSPS) is 16.6. The van der Waals surface area contributed by atoms with E-state index < -0.39 is 12.1 Å². The zero-order valence-electron chi connectivity index (χ0n) is 15.4. The molecule has 2 aromatic heterocycles. The molecule has 3 amide bonds. The van der Waals surface area contributed by atoms with Gasteiger partial charge in [0.25, 0.3) is 0 Å². The van der Waals surface area contributed by atoms with Gasteiger partial charge in [0.1, 0.15) is 12.4 Å². The van der Waals surface area contributed by atoms with Crippen molar-refractivity contribution < 1.29 is 19.4 Å². The van der Waals surface area contributed by atoms with Crippen LogP contribution in [0.25, 0.3) is 10.2 Å². The Balaban J connectivity index is 1.47. The minimum absolute atomic E-state index is 0.163. The topological polar surface area (TPSA) is 108 Å². The zero-order chi connectivity index (χ0) is 20.2. The molecule has 0 radical (unpaired) electrons. The number of thiazole rings is 1. The quantitative estimate of drug-likeness (QED) is 0.681. The minimum Gasteiger partial charge on any atom is -0.490 e. The second-order valence-corrected chi connectivity index (χ2v) is 7.43. The number of rotatable bonds is 4. The van der Waals surface area contributed by atoms with E-state index in [4.69, 9.17) is 4.74 Å². The second-order valence-electron chi connectivity index (χ2n) is 6.54. The number of nitrogens with zero attached hydrogens (tertiary/aromatic N) is 4. The van der Waals surface area contributed by atoms with Crippen LogP contribution >= 0.6 is 11.3 Å². The van der Waals surface area contributed by atoms with Crippen molar-refractivity contribution in [2.75, 3.05) is 31.6 Å². The zero-order valence-corrected chi connectivity index (χ0v) is 16.2. The molecule has 29 heavy (non-hydrogen) atoms. The Hall–Kier alpha value is -3.40. The molecule has 150 valence electrons. The van der Waals surface area contributed by atoms with Gasteiger partial charge in [-0.2, -0.15) is 0 Å². The number of piperazine rings is 1. The number of nitrogens with one attached hydrogen (secondary N) is 1. The van der Waals surface area contributed by atoms with Crippen molar-refractivity contribution in [3.63, 3.8) is 0 Å². The maximum absolute atomic E-state index is 12.9. The van der Waals surface area contributed by atoms with Crippen LogP contribution in [0.15, 0.2) is 48.2 Å². The van der Waals surface area contributed by atoms with Crippen LogP contribution in [0.1, 0.15) is 0 Å². The van der Waals surface area contributed by atoms with Crippen molar-refractivity contribution >= 4 is 39.4 Å². The van der Waals surface area contributed by atoms with Crippen LogP contribution < -0.4 is 10.1 Å². The largest absolute Gasteiger partial charge is 0.490 e. The molecule has 4 rings (SSSR count). The van der Waals surface area contributed by atoms with E-state index in [-0.39, 0.29) is 32.3 Å². The molecular formula is C19H19N5O4S. The summed E-state index contributed by atoms with van der Waals surface area (Å²) in [6, 6.07) is 8.33. The monoisotopic (exact) mass is 413 g/mol. The fourth-order valence-electron chi connectivity index (χ4n) is 3.19. The maximum atomic E-state index is 12.9. The Kier molecular flexibility index (Phi) is 5.43. The Morgan fingerprint density at radius 2 is 2.21 bits per heavy atom. The van der Waals surface area contributed by atoms with Crippen LogP contribution in [-0.4, -0.2) is 69.3 Å². The number of fused-ring (bicyclic) bond motifs is 1. The molecule has 0 aliphatic carbocycles. The van der Waals surface area contributed by atoms with Crippen molar-refractivity contribution in [1.29, 1.82) is 0 Å². The summed E-state index contributed by atoms with van der Waals surface area (Å²) < 4.78 is 6.72. The van der Waals surface area contributed by atoms with Gasteiger partial charge >= 0.3 is 12.1 Å². The van der Waals surface area contributed by atoms with E-state index in [1.165, 1.54) is 16.2 Å². The fourth-order valence-corrected chi connectivity index (χ4v) is 3.91. The molecule has 1 aliphatic heterocycles. The lowest BCUT2D eigenvalue weighted by molar-refractivity contribution is 0.0675. The molecule has 9 nitrogen and oxygen atoms in total. The lowest BCUT2D eigenvalue weighted by Crippen LogP contribution is -2.59. The molecule has 1 aromatic carbocycles. The number of urea groups is 1. The van der Waals surface area contributed by atoms with E-state index in [2.05, 4.69) is 15.3 Å². The molecule has 0 bridgehead atoms. The molecular weight excluding hydrogens is 394 g/mol. The Morgan fingerprint density at radius 3 is 3.00 bits per heavy atom. The number of ether oxygens (including phenoxy) is 1. The standard InChI is InChI=1S/C19H19N5O4S/c25-18(22-13-3-4-16-17(8-13)29-12-21-16)24-7-6-23(19(26)27)10-14(24)11-28-15-2-1-5-20-9-15/h1-5,8-9,12,14H,6-7,10-11H2,(H,22,25)(H,26,27). The maximum Gasteiger partial charge on any atom is 0.407 e. The van der Waals surface area contributed by atoms with Crippen molar-refractivity contribution in [3.05, 3.63) is 48.2 Å². The van der Waals surface area contributed by atoms with Gasteiger partial charge in [0.15, 0.2) is 0 Å². The molecule has 1 aliphatic rings. The highest BCUT2D eigenvalue weighted by atomic mass is 32.1. The molecule has 1 saturated heterocycles. The molecule has 3 heterocycles. The van der Waals surface area contributed by atoms with Gasteiger partial charge in [-0.3, -0.25) is 4.98 Å². The third-order valence-electron chi connectivity index (χ3n) is 4.67. The molecule has 3 aromatic rings. The highest BCUT2D eigenvalue weighted by Crippen LogP contribution is 2.23. The molecule has 2 N–H and O–H groups in total. The van der Waals surface area contributed by atoms with Crippen LogP contribution in [0.4, 0.5) is 15.3 Å². The third kappa shape index (κ3) is 4.37. The molecule has 10 heteroatoms. The summed E-state index contributed by atoms with van der Waals surface area (Å²) >= 11 is 1.50. The first-order chi connectivity index (χ1) is 14.1. The van der Waals surface area contributed by atoms with Crippen LogP contribution in [0.2, 0.25) is 0 Å². The van der Waals surface area contributed by atoms with Crippen molar-refractivity contribution in [1.82, 2.24) is 19.8 Å². The van der Waals surface area contributed by atoms with Crippen LogP contribution in [0.3, 0.4) is 0 Å². The number of carbonyl (C=O) groups is 2. The number of aromatic nitrogens is 2. The summed E-state index contributed by atoms with van der Waals surface area (Å²) in [6.45, 7) is 0.871. The highest BCUT2D eigenvalue weighted by Gasteiger charge is 2.33. The van der Waals surface area contributed by atoms with E-state index in [0.717, 1.165) is 10.2 Å². The molecule has 1 fully saturated rings. The van der Waals surface area contributed by atoms with Gasteiger partial charge in [-0.1, -0.05) is 0 Å². The first-order valence-corrected chi connectivity index (χ1v) is 9.89. The Bertz CT molecular complexity index is 1010. The fraction of sp³-hybridized carbons (Fsp3) is 0.263. The molecule has 0 spiro atoms. The van der Waals surface area contributed by atoms with Gasteiger partial charge in [-0.25, -0.2) is 14.6 Å². The minimum atomic E-state index is -1.01. The van der Waals surface area contributed by atoms with E-state index in [1.807, 2.05) is 12.1 Å². The smallest absolute Gasteiger partial charge is 0.407 e. The predicted molar refractivity (Wildman–Crippen MR) is 108 cm³/mol. The lowest BCUT2D eigenvalue weighted by atomic mass is 10.2. The summed E-state index contributed by atoms with van der Waals surface area (Å²) in [6.07, 6.45) is 2.21. The Labute approximate surface area is 170 Å². The van der Waals surface area contributed by atoms with Gasteiger partial charge in [0.05, 0.1) is 28.0 Å². The SMILES string of the molecule is O=C(O)N1CCN(C(=O)Nc2ccc3ncsc3c2)C(COc2cccnc2)C1. The summed E-state index contributed by atoms with van der Waals surface area (Å²) in [7, 11) is 0. The van der Waals surface area contributed by atoms with Crippen LogP contribution in [0, 0.1) is 0 Å². The molecule has 0 saturated carbocycles. The average molecular weight is 413 g/mol. The van der Waals surface area contributed by atoms with Gasteiger partial charge in [0.2, 0.25) is 0 Å². The van der Waals surface area contributed by atoms with Gasteiger partial charge < -0.3 is 25.0 Å². The number of hydrogen-bond acceptors (Lipinski definition) is 6. The summed E-state index contributed by atoms with van der Waals surface area (Å²) in [4.78, 5) is 35.4. The highest BCUT2D eigenvalue weighted by molar-refractivity contribution is 7.16. The van der Waals surface area contributed by atoms with E-state index in [0.29, 0.717) is 11.4 Å². The second kappa shape index (κ2) is 8.31. The van der Waals surface area contributed by atoms with Crippen molar-refractivity contribution in [3.8, 4) is 5.75 Å². The van der Waals surface area contributed by atoms with Gasteiger partial charge in [0, 0.05) is 31.5 Å². The Morgan fingerprint density at radius 1 is 1.31 bits per heavy atom. The average Bonchev–Trinajstić information content (AvgIpc) is 3.20. The number of carbonyl (C=O) groups excluding carboxylic acids is 1. The number of pyridine rings is 1. The van der Waals surface area contributed by atoms with E-state index in [1.54, 1.807) is 41.0 Å². The summed E-state index contributed by atoms with van der Waals surface area (Å²) in [5.41, 5.74) is 3.30. The van der Waals surface area contributed by atoms with E-state index in [9.17, 15) is 14.7 Å². The number of hydrogen-bond donors (Lipinski definition) is 2. The number of amides is 3. The van der Waals surface area contributed by atoms with E-state index >= 15 is 0 Å². The van der Waals surface area contributed by atoms with Gasteiger partial charge in [-0.05, 0) is 30.3 Å². The summed E-state index contributed by atoms with van der Waals surface area (Å²) in [5, 5.41) is 12.2.